The number of rotatable bonds is 11. The Bertz CT molecular complexity index is 1510. The first-order valence-corrected chi connectivity index (χ1v) is 15.6. The molecule has 0 aliphatic carbocycles. The van der Waals surface area contributed by atoms with E-state index in [-0.39, 0.29) is 25.1 Å². The number of benzene rings is 1. The van der Waals surface area contributed by atoms with Gasteiger partial charge in [-0.05, 0) is 63.3 Å². The maximum absolute atomic E-state index is 13.2. The number of thioether (sulfide) groups is 2. The number of carbonyl (C=O) groups is 1. The van der Waals surface area contributed by atoms with E-state index in [9.17, 15) is 9.59 Å². The number of carbonyl (C=O) groups excluding carboxylic acids is 1. The van der Waals surface area contributed by atoms with Crippen molar-refractivity contribution in [3.63, 3.8) is 0 Å². The fourth-order valence-corrected chi connectivity index (χ4v) is 7.61. The number of methoxy groups -OCH3 is 1. The van der Waals surface area contributed by atoms with Crippen molar-refractivity contribution in [2.75, 3.05) is 50.8 Å². The van der Waals surface area contributed by atoms with Crippen LogP contribution in [0.5, 0.6) is 0 Å². The third-order valence-corrected chi connectivity index (χ3v) is 9.73. The Balaban J connectivity index is 1.59. The number of fused-ring (bicyclic) bond motifs is 1. The minimum absolute atomic E-state index is 0.0505. The van der Waals surface area contributed by atoms with Crippen LogP contribution in [0.1, 0.15) is 20.8 Å². The predicted molar refractivity (Wildman–Crippen MR) is 169 cm³/mol. The summed E-state index contributed by atoms with van der Waals surface area (Å²) in [4.78, 5) is 36.8. The lowest BCUT2D eigenvalue weighted by Gasteiger charge is -2.20. The second kappa shape index (κ2) is 14.0. The van der Waals surface area contributed by atoms with Gasteiger partial charge in [-0.3, -0.25) is 24.1 Å². The van der Waals surface area contributed by atoms with Crippen LogP contribution in [0.4, 0.5) is 11.4 Å². The maximum Gasteiger partial charge on any atom is 0.269 e. The lowest BCUT2D eigenvalue weighted by molar-refractivity contribution is -0.123. The van der Waals surface area contributed by atoms with E-state index in [0.29, 0.717) is 26.8 Å². The first kappa shape index (κ1) is 30.6. The standard InChI is InChI=1S/C27H32N4O5S4/c1-6-29-19-10-9-18(28(4)36-17-35-16-34-5)15-22(19)39-23(29)13-11-20-25(32)30(7-2)24(38-20)14-12-21-26(33)31(8-3)27(37)40-21/h9-15H,6-8,16-17H2,1-5H3/b20-11?,21-12?,23-13?,24-14+. The third-order valence-electron chi connectivity index (χ3n) is 6.12. The molecule has 1 aromatic carbocycles. The smallest absolute Gasteiger partial charge is 0.269 e. The minimum atomic E-state index is -0.0926. The van der Waals surface area contributed by atoms with E-state index in [1.54, 1.807) is 39.5 Å². The van der Waals surface area contributed by atoms with Crippen molar-refractivity contribution in [3.8, 4) is 0 Å². The molecule has 40 heavy (non-hydrogen) atoms. The molecule has 0 radical (unpaired) electrons. The van der Waals surface area contributed by atoms with Crippen molar-refractivity contribution in [1.82, 2.24) is 9.47 Å². The molecular weight excluding hydrogens is 589 g/mol. The number of likely N-dealkylation sites (N-methyl/N-ethyl adjacent to an activating group) is 1. The molecule has 0 atom stereocenters. The van der Waals surface area contributed by atoms with Gasteiger partial charge in [-0.25, -0.2) is 4.84 Å². The van der Waals surface area contributed by atoms with Crippen molar-refractivity contribution in [3.05, 3.63) is 59.8 Å². The first-order valence-electron chi connectivity index (χ1n) is 12.7. The van der Waals surface area contributed by atoms with Crippen molar-refractivity contribution >= 4 is 80.8 Å². The molecule has 0 N–H and O–H groups in total. The normalized spacial score (nSPS) is 18.2. The number of aromatic nitrogens is 1. The molecule has 13 heteroatoms. The van der Waals surface area contributed by atoms with Gasteiger partial charge < -0.3 is 14.4 Å². The van der Waals surface area contributed by atoms with E-state index in [4.69, 9.17) is 26.5 Å². The number of thiocarbonyl (C=S) groups is 1. The molecule has 4 rings (SSSR count). The van der Waals surface area contributed by atoms with Gasteiger partial charge in [0.1, 0.15) is 11.1 Å². The van der Waals surface area contributed by atoms with Crippen molar-refractivity contribution in [2.24, 2.45) is 0 Å². The fourth-order valence-electron chi connectivity index (χ4n) is 4.10. The zero-order chi connectivity index (χ0) is 28.8. The Kier molecular flexibility index (Phi) is 10.7. The number of nitrogens with zero attached hydrogens (tertiary/aromatic N) is 4. The third kappa shape index (κ3) is 6.56. The molecule has 9 nitrogen and oxygen atoms in total. The molecule has 0 saturated carbocycles. The van der Waals surface area contributed by atoms with Crippen LogP contribution < -0.4 is 24.7 Å². The molecule has 214 valence electrons. The van der Waals surface area contributed by atoms with Crippen molar-refractivity contribution in [1.29, 1.82) is 0 Å². The topological polar surface area (TPSA) is 76.5 Å². The molecule has 1 amide bonds. The van der Waals surface area contributed by atoms with Crippen LogP contribution in [-0.2, 0) is 25.7 Å². The molecule has 0 bridgehead atoms. The molecule has 0 spiro atoms. The molecule has 3 heterocycles. The van der Waals surface area contributed by atoms with Gasteiger partial charge >= 0.3 is 0 Å². The average Bonchev–Trinajstić information content (AvgIpc) is 3.56. The van der Waals surface area contributed by atoms with Gasteiger partial charge in [0.15, 0.2) is 6.79 Å². The molecule has 2 aliphatic heterocycles. The maximum atomic E-state index is 13.2. The highest BCUT2D eigenvalue weighted by molar-refractivity contribution is 8.26. The number of hydrogen-bond donors (Lipinski definition) is 0. The summed E-state index contributed by atoms with van der Waals surface area (Å²) in [7, 11) is 3.39. The van der Waals surface area contributed by atoms with Gasteiger partial charge in [0, 0.05) is 38.7 Å². The van der Waals surface area contributed by atoms with E-state index in [1.807, 2.05) is 45.2 Å². The van der Waals surface area contributed by atoms with Gasteiger partial charge in [0.25, 0.3) is 11.5 Å². The number of hydroxylamine groups is 1. The highest BCUT2D eigenvalue weighted by atomic mass is 32.2. The summed E-state index contributed by atoms with van der Waals surface area (Å²) in [6.45, 7) is 8.05. The minimum Gasteiger partial charge on any atom is -0.359 e. The Morgan fingerprint density at radius 3 is 2.42 bits per heavy atom. The van der Waals surface area contributed by atoms with E-state index < -0.39 is 0 Å². The van der Waals surface area contributed by atoms with Crippen LogP contribution in [0.2, 0.25) is 0 Å². The number of allylic oxidation sites excluding steroid dienone is 2. The number of amides is 1. The summed E-state index contributed by atoms with van der Waals surface area (Å²) >= 11 is 9.65. The number of hydrogen-bond acceptors (Lipinski definition) is 11. The Morgan fingerprint density at radius 2 is 1.75 bits per heavy atom. The monoisotopic (exact) mass is 620 g/mol. The highest BCUT2D eigenvalue weighted by Gasteiger charge is 2.30. The molecule has 1 saturated heterocycles. The fraction of sp³-hybridized carbons (Fsp3) is 0.370. The summed E-state index contributed by atoms with van der Waals surface area (Å²) in [6.07, 6.45) is 7.48. The van der Waals surface area contributed by atoms with Crippen LogP contribution in [0.3, 0.4) is 0 Å². The van der Waals surface area contributed by atoms with Crippen LogP contribution >= 0.6 is 47.1 Å². The number of ether oxygens (including phenoxy) is 2. The van der Waals surface area contributed by atoms with Crippen LogP contribution in [0, 0.1) is 0 Å². The molecule has 1 fully saturated rings. The van der Waals surface area contributed by atoms with Gasteiger partial charge in [-0.15, -0.1) is 11.3 Å². The summed E-state index contributed by atoms with van der Waals surface area (Å²) < 4.78 is 13.8. The largest absolute Gasteiger partial charge is 0.359 e. The zero-order valence-corrected chi connectivity index (χ0v) is 26.3. The van der Waals surface area contributed by atoms with Gasteiger partial charge in [-0.1, -0.05) is 35.7 Å². The Morgan fingerprint density at radius 1 is 0.975 bits per heavy atom. The second-order valence-corrected chi connectivity index (χ2v) is 12.3. The van der Waals surface area contributed by atoms with Crippen LogP contribution in [0.15, 0.2) is 50.0 Å². The summed E-state index contributed by atoms with van der Waals surface area (Å²) in [5.41, 5.74) is 1.95. The molecular formula is C27H32N4O5S4. The number of thiazole rings is 1. The highest BCUT2D eigenvalue weighted by Crippen LogP contribution is 2.47. The Hall–Kier alpha value is -2.39. The van der Waals surface area contributed by atoms with E-state index in [0.717, 1.165) is 32.5 Å². The van der Waals surface area contributed by atoms with E-state index >= 15 is 0 Å². The van der Waals surface area contributed by atoms with Crippen molar-refractivity contribution in [2.45, 2.75) is 32.2 Å². The van der Waals surface area contributed by atoms with E-state index in [2.05, 4.69) is 24.0 Å². The quantitative estimate of drug-likeness (QED) is 0.122. The number of anilines is 2. The zero-order valence-electron chi connectivity index (χ0n) is 23.0. The molecule has 2 aliphatic rings. The van der Waals surface area contributed by atoms with Gasteiger partial charge in [0.2, 0.25) is 0 Å². The molecule has 0 unspecified atom stereocenters. The lowest BCUT2D eigenvalue weighted by atomic mass is 10.2. The molecule has 1 aromatic heterocycles. The van der Waals surface area contributed by atoms with Gasteiger partial charge in [0.05, 0.1) is 30.5 Å². The predicted octanol–water partition coefficient (Wildman–Crippen LogP) is 3.67. The summed E-state index contributed by atoms with van der Waals surface area (Å²) in [6, 6.07) is 6.14. The summed E-state index contributed by atoms with van der Waals surface area (Å²) in [5.74, 6) is -0.0926. The Labute approximate surface area is 251 Å². The average molecular weight is 621 g/mol. The van der Waals surface area contributed by atoms with Crippen LogP contribution in [0.25, 0.3) is 12.2 Å². The SMILES string of the molecule is CCN1C(=O)C(=C/C=c2/sc(=CC=C3Sc4cc(N(C)OCOCOC)ccc4N3CC)c(=O)n2CC)SC1=S. The first-order chi connectivity index (χ1) is 19.3. The second-order valence-electron chi connectivity index (χ2n) is 8.49. The summed E-state index contributed by atoms with van der Waals surface area (Å²) in [5, 5.41) is 2.70. The van der Waals surface area contributed by atoms with Gasteiger partial charge in [-0.2, -0.15) is 0 Å². The van der Waals surface area contributed by atoms with E-state index in [1.165, 1.54) is 23.1 Å². The van der Waals surface area contributed by atoms with Crippen molar-refractivity contribution < 1.29 is 19.1 Å². The molecule has 2 aromatic rings. The lowest BCUT2D eigenvalue weighted by Crippen LogP contribution is -2.30. The van der Waals surface area contributed by atoms with Crippen LogP contribution in [-0.4, -0.2) is 60.5 Å².